The average Bonchev–Trinajstić information content (AvgIpc) is 3.24. The van der Waals surface area contributed by atoms with Crippen LogP contribution in [0.2, 0.25) is 0 Å². The van der Waals surface area contributed by atoms with Gasteiger partial charge in [-0.3, -0.25) is 4.79 Å². The fraction of sp³-hybridized carbons (Fsp3) is 0.250. The third-order valence-corrected chi connectivity index (χ3v) is 4.26. The normalized spacial score (nSPS) is 16.8. The maximum absolute atomic E-state index is 12.1. The first-order valence-corrected chi connectivity index (χ1v) is 7.81. The van der Waals surface area contributed by atoms with Crippen molar-refractivity contribution in [1.82, 2.24) is 5.32 Å². The molecule has 0 saturated carbocycles. The molecule has 114 valence electrons. The predicted octanol–water partition coefficient (Wildman–Crippen LogP) is 2.57. The van der Waals surface area contributed by atoms with E-state index in [1.165, 1.54) is 0 Å². The smallest absolute Gasteiger partial charge is 0.264 e. The Balaban J connectivity index is 1.57. The van der Waals surface area contributed by atoms with Crippen molar-refractivity contribution < 1.29 is 14.4 Å². The molecule has 1 aliphatic rings. The summed E-state index contributed by atoms with van der Waals surface area (Å²) < 4.78 is 5.19. The van der Waals surface area contributed by atoms with E-state index in [0.29, 0.717) is 13.0 Å². The van der Waals surface area contributed by atoms with Crippen LogP contribution < -0.4 is 10.1 Å². The number of hydrogen-bond acceptors (Lipinski definition) is 5. The van der Waals surface area contributed by atoms with E-state index >= 15 is 0 Å². The molecule has 2 aromatic rings. The van der Waals surface area contributed by atoms with Gasteiger partial charge in [0.05, 0.1) is 19.4 Å². The summed E-state index contributed by atoms with van der Waals surface area (Å²) in [5.74, 6) is 0.612. The molecule has 0 bridgehead atoms. The topological polar surface area (TPSA) is 59.9 Å². The molecule has 1 atom stereocenters. The molecule has 1 aliphatic heterocycles. The lowest BCUT2D eigenvalue weighted by atomic mass is 10.0. The van der Waals surface area contributed by atoms with Gasteiger partial charge in [-0.25, -0.2) is 0 Å². The third kappa shape index (κ3) is 3.28. The highest BCUT2D eigenvalue weighted by Gasteiger charge is 2.28. The minimum Gasteiger partial charge on any atom is -0.497 e. The standard InChI is InChI=1S/C16H16N2O3S/c1-20-12-5-2-4-11(8-12)14-9-15(21-18-14)16(19)17-10-13-6-3-7-22-13/h2-8,15H,9-10H2,1H3,(H,17,19)/t15-/m0/s1. The number of carbonyl (C=O) groups excluding carboxylic acids is 1. The van der Waals surface area contributed by atoms with Gasteiger partial charge in [0.1, 0.15) is 5.75 Å². The van der Waals surface area contributed by atoms with Crippen molar-refractivity contribution in [1.29, 1.82) is 0 Å². The zero-order chi connectivity index (χ0) is 15.4. The summed E-state index contributed by atoms with van der Waals surface area (Å²) in [5, 5.41) is 8.89. The number of methoxy groups -OCH3 is 1. The van der Waals surface area contributed by atoms with Crippen LogP contribution in [0.4, 0.5) is 0 Å². The SMILES string of the molecule is COc1cccc(C2=NO[C@H](C(=O)NCc3cccs3)C2)c1. The number of nitrogens with one attached hydrogen (secondary N) is 1. The number of thiophene rings is 1. The van der Waals surface area contributed by atoms with Crippen LogP contribution in [0, 0.1) is 0 Å². The summed E-state index contributed by atoms with van der Waals surface area (Å²) in [5.41, 5.74) is 1.67. The average molecular weight is 316 g/mol. The summed E-state index contributed by atoms with van der Waals surface area (Å²) in [7, 11) is 1.62. The maximum Gasteiger partial charge on any atom is 0.264 e. The van der Waals surface area contributed by atoms with Gasteiger partial charge in [0.25, 0.3) is 5.91 Å². The maximum atomic E-state index is 12.1. The van der Waals surface area contributed by atoms with E-state index in [9.17, 15) is 4.79 Å². The molecule has 0 spiro atoms. The van der Waals surface area contributed by atoms with Gasteiger partial charge in [0, 0.05) is 16.9 Å². The lowest BCUT2D eigenvalue weighted by molar-refractivity contribution is -0.131. The number of nitrogens with zero attached hydrogens (tertiary/aromatic N) is 1. The van der Waals surface area contributed by atoms with Gasteiger partial charge < -0.3 is 14.9 Å². The van der Waals surface area contributed by atoms with Gasteiger partial charge in [0.15, 0.2) is 0 Å². The predicted molar refractivity (Wildman–Crippen MR) is 85.2 cm³/mol. The lowest BCUT2D eigenvalue weighted by Gasteiger charge is -2.08. The van der Waals surface area contributed by atoms with Crippen molar-refractivity contribution in [3.8, 4) is 5.75 Å². The van der Waals surface area contributed by atoms with E-state index in [4.69, 9.17) is 9.57 Å². The number of ether oxygens (including phenoxy) is 1. The lowest BCUT2D eigenvalue weighted by Crippen LogP contribution is -2.34. The minimum absolute atomic E-state index is 0.143. The van der Waals surface area contributed by atoms with Crippen molar-refractivity contribution in [3.05, 3.63) is 52.2 Å². The molecule has 1 aromatic heterocycles. The van der Waals surface area contributed by atoms with Crippen LogP contribution in [-0.2, 0) is 16.2 Å². The van der Waals surface area contributed by atoms with Crippen LogP contribution in [0.1, 0.15) is 16.9 Å². The highest BCUT2D eigenvalue weighted by molar-refractivity contribution is 7.09. The molecular weight excluding hydrogens is 300 g/mol. The fourth-order valence-corrected chi connectivity index (χ4v) is 2.84. The van der Waals surface area contributed by atoms with Crippen LogP contribution in [0.15, 0.2) is 46.9 Å². The number of rotatable bonds is 5. The molecular formula is C16H16N2O3S. The molecule has 0 radical (unpaired) electrons. The van der Waals surface area contributed by atoms with Crippen molar-refractivity contribution in [3.63, 3.8) is 0 Å². The Bertz CT molecular complexity index is 682. The van der Waals surface area contributed by atoms with Gasteiger partial charge in [-0.1, -0.05) is 23.4 Å². The first-order chi connectivity index (χ1) is 10.8. The van der Waals surface area contributed by atoms with E-state index in [2.05, 4.69) is 10.5 Å². The minimum atomic E-state index is -0.568. The van der Waals surface area contributed by atoms with E-state index in [-0.39, 0.29) is 5.91 Å². The highest BCUT2D eigenvalue weighted by atomic mass is 32.1. The molecule has 5 nitrogen and oxygen atoms in total. The number of benzene rings is 1. The molecule has 0 aliphatic carbocycles. The second-order valence-corrected chi connectivity index (χ2v) is 5.90. The molecule has 0 fully saturated rings. The van der Waals surface area contributed by atoms with Crippen LogP contribution >= 0.6 is 11.3 Å². The monoisotopic (exact) mass is 316 g/mol. The molecule has 1 amide bonds. The number of oxime groups is 1. The Labute approximate surface area is 132 Å². The van der Waals surface area contributed by atoms with Crippen LogP contribution in [0.3, 0.4) is 0 Å². The molecule has 2 heterocycles. The van der Waals surface area contributed by atoms with Crippen LogP contribution in [-0.4, -0.2) is 24.8 Å². The summed E-state index contributed by atoms with van der Waals surface area (Å²) in [6.45, 7) is 0.519. The zero-order valence-electron chi connectivity index (χ0n) is 12.1. The summed E-state index contributed by atoms with van der Waals surface area (Å²) in [6.07, 6.45) is -0.107. The molecule has 0 saturated heterocycles. The first kappa shape index (κ1) is 14.6. The largest absolute Gasteiger partial charge is 0.497 e. The Morgan fingerprint density at radius 3 is 3.14 bits per heavy atom. The second-order valence-electron chi connectivity index (χ2n) is 4.87. The van der Waals surface area contributed by atoms with E-state index in [0.717, 1.165) is 21.9 Å². The van der Waals surface area contributed by atoms with Crippen molar-refractivity contribution >= 4 is 23.0 Å². The quantitative estimate of drug-likeness (QED) is 0.922. The van der Waals surface area contributed by atoms with Gasteiger partial charge in [0.2, 0.25) is 6.10 Å². The molecule has 0 unspecified atom stereocenters. The summed E-state index contributed by atoms with van der Waals surface area (Å²) >= 11 is 1.61. The number of amides is 1. The van der Waals surface area contributed by atoms with Crippen LogP contribution in [0.25, 0.3) is 0 Å². The molecule has 3 rings (SSSR count). The summed E-state index contributed by atoms with van der Waals surface area (Å²) in [4.78, 5) is 18.5. The van der Waals surface area contributed by atoms with Crippen molar-refractivity contribution in [2.24, 2.45) is 5.16 Å². The number of hydrogen-bond donors (Lipinski definition) is 1. The fourth-order valence-electron chi connectivity index (χ4n) is 2.19. The Morgan fingerprint density at radius 2 is 2.36 bits per heavy atom. The van der Waals surface area contributed by atoms with Gasteiger partial charge in [-0.2, -0.15) is 0 Å². The highest BCUT2D eigenvalue weighted by Crippen LogP contribution is 2.20. The Hall–Kier alpha value is -2.34. The third-order valence-electron chi connectivity index (χ3n) is 3.38. The number of carbonyl (C=O) groups is 1. The Kier molecular flexibility index (Phi) is 4.39. The van der Waals surface area contributed by atoms with Gasteiger partial charge in [-0.15, -0.1) is 11.3 Å². The molecule has 1 aromatic carbocycles. The van der Waals surface area contributed by atoms with E-state index in [1.807, 2.05) is 41.8 Å². The van der Waals surface area contributed by atoms with Gasteiger partial charge in [-0.05, 0) is 23.6 Å². The molecule has 1 N–H and O–H groups in total. The van der Waals surface area contributed by atoms with Gasteiger partial charge >= 0.3 is 0 Å². The van der Waals surface area contributed by atoms with Crippen LogP contribution in [0.5, 0.6) is 5.75 Å². The van der Waals surface area contributed by atoms with Crippen molar-refractivity contribution in [2.75, 3.05) is 7.11 Å². The van der Waals surface area contributed by atoms with Crippen molar-refractivity contribution in [2.45, 2.75) is 19.1 Å². The summed E-state index contributed by atoms with van der Waals surface area (Å²) in [6, 6.07) is 11.5. The first-order valence-electron chi connectivity index (χ1n) is 6.93. The second kappa shape index (κ2) is 6.62. The Morgan fingerprint density at radius 1 is 1.45 bits per heavy atom. The molecule has 6 heteroatoms. The van der Waals surface area contributed by atoms with E-state index < -0.39 is 6.10 Å². The molecule has 22 heavy (non-hydrogen) atoms. The zero-order valence-corrected chi connectivity index (χ0v) is 12.9. The van der Waals surface area contributed by atoms with E-state index in [1.54, 1.807) is 18.4 Å².